The summed E-state index contributed by atoms with van der Waals surface area (Å²) in [5.41, 5.74) is 3.76. The van der Waals surface area contributed by atoms with E-state index in [0.717, 1.165) is 28.0 Å². The fraction of sp³-hybridized carbons (Fsp3) is 0.269. The number of ether oxygens (including phenoxy) is 1. The topological polar surface area (TPSA) is 75.7 Å². The van der Waals surface area contributed by atoms with Crippen LogP contribution in [0, 0.1) is 13.8 Å². The third-order valence-corrected chi connectivity index (χ3v) is 7.26. The van der Waals surface area contributed by atoms with Crippen LogP contribution in [0.25, 0.3) is 0 Å². The molecule has 0 bridgehead atoms. The first kappa shape index (κ1) is 24.5. The Bertz CT molecular complexity index is 1170. The van der Waals surface area contributed by atoms with E-state index in [2.05, 4.69) is 5.32 Å². The number of hydrogen-bond acceptors (Lipinski definition) is 4. The minimum Gasteiger partial charge on any atom is -0.497 e. The van der Waals surface area contributed by atoms with Gasteiger partial charge in [0.2, 0.25) is 15.9 Å². The lowest BCUT2D eigenvalue weighted by molar-refractivity contribution is -0.122. The van der Waals surface area contributed by atoms with Gasteiger partial charge in [-0.2, -0.15) is 4.31 Å². The van der Waals surface area contributed by atoms with Crippen molar-refractivity contribution in [2.75, 3.05) is 13.7 Å². The fourth-order valence-corrected chi connectivity index (χ4v) is 4.79. The molecule has 1 atom stereocenters. The van der Waals surface area contributed by atoms with Crippen LogP contribution < -0.4 is 10.1 Å². The highest BCUT2D eigenvalue weighted by atomic mass is 32.2. The van der Waals surface area contributed by atoms with Gasteiger partial charge in [-0.25, -0.2) is 8.42 Å². The molecule has 1 amide bonds. The van der Waals surface area contributed by atoms with E-state index < -0.39 is 10.0 Å². The molecule has 0 aliphatic heterocycles. The molecule has 0 saturated carbocycles. The molecule has 0 fully saturated rings. The Hall–Kier alpha value is -3.16. The van der Waals surface area contributed by atoms with Crippen LogP contribution in [0.3, 0.4) is 0 Å². The number of sulfonamides is 1. The van der Waals surface area contributed by atoms with Gasteiger partial charge >= 0.3 is 0 Å². The predicted molar refractivity (Wildman–Crippen MR) is 130 cm³/mol. The zero-order valence-electron chi connectivity index (χ0n) is 19.4. The Morgan fingerprint density at radius 1 is 0.909 bits per heavy atom. The van der Waals surface area contributed by atoms with Crippen molar-refractivity contribution in [3.8, 4) is 5.75 Å². The molecule has 1 unspecified atom stereocenters. The summed E-state index contributed by atoms with van der Waals surface area (Å²) in [5, 5.41) is 2.91. The average molecular weight is 467 g/mol. The van der Waals surface area contributed by atoms with E-state index in [0.29, 0.717) is 0 Å². The van der Waals surface area contributed by atoms with Crippen LogP contribution >= 0.6 is 0 Å². The molecule has 0 spiro atoms. The molecule has 0 aliphatic carbocycles. The van der Waals surface area contributed by atoms with Crippen molar-refractivity contribution in [3.05, 3.63) is 95.1 Å². The Morgan fingerprint density at radius 3 is 2.00 bits per heavy atom. The molecule has 7 heteroatoms. The molecule has 3 aromatic rings. The molecule has 3 rings (SSSR count). The fourth-order valence-electron chi connectivity index (χ4n) is 3.41. The van der Waals surface area contributed by atoms with Gasteiger partial charge in [-0.05, 0) is 56.2 Å². The second-order valence-corrected chi connectivity index (χ2v) is 10.1. The van der Waals surface area contributed by atoms with E-state index in [1.54, 1.807) is 31.4 Å². The summed E-state index contributed by atoms with van der Waals surface area (Å²) in [6.45, 7) is 5.54. The second-order valence-electron chi connectivity index (χ2n) is 8.13. The maximum Gasteiger partial charge on any atom is 0.243 e. The van der Waals surface area contributed by atoms with E-state index in [1.165, 1.54) is 4.31 Å². The number of nitrogens with one attached hydrogen (secondary N) is 1. The van der Waals surface area contributed by atoms with E-state index in [4.69, 9.17) is 4.74 Å². The molecule has 0 aliphatic rings. The maximum absolute atomic E-state index is 13.4. The Balaban J connectivity index is 1.81. The zero-order valence-corrected chi connectivity index (χ0v) is 20.2. The highest BCUT2D eigenvalue weighted by Crippen LogP contribution is 2.21. The largest absolute Gasteiger partial charge is 0.497 e. The molecule has 0 heterocycles. The van der Waals surface area contributed by atoms with E-state index >= 15 is 0 Å². The first-order valence-electron chi connectivity index (χ1n) is 10.7. The summed E-state index contributed by atoms with van der Waals surface area (Å²) in [5.74, 6) is 0.354. The number of hydrogen-bond donors (Lipinski definition) is 1. The predicted octanol–water partition coefficient (Wildman–Crippen LogP) is 4.38. The third-order valence-electron chi connectivity index (χ3n) is 5.45. The lowest BCUT2D eigenvalue weighted by Crippen LogP contribution is -2.41. The van der Waals surface area contributed by atoms with Gasteiger partial charge < -0.3 is 10.1 Å². The van der Waals surface area contributed by atoms with Gasteiger partial charge in [0.25, 0.3) is 0 Å². The van der Waals surface area contributed by atoms with Crippen LogP contribution in [0.4, 0.5) is 0 Å². The number of carbonyl (C=O) groups excluding carboxylic acids is 1. The highest BCUT2D eigenvalue weighted by Gasteiger charge is 2.27. The zero-order chi connectivity index (χ0) is 24.0. The molecule has 33 heavy (non-hydrogen) atoms. The summed E-state index contributed by atoms with van der Waals surface area (Å²) in [6, 6.07) is 21.4. The van der Waals surface area contributed by atoms with Gasteiger partial charge in [-0.3, -0.25) is 4.79 Å². The normalized spacial score (nSPS) is 12.4. The van der Waals surface area contributed by atoms with Crippen LogP contribution in [-0.4, -0.2) is 32.3 Å². The minimum atomic E-state index is -3.87. The molecular weight excluding hydrogens is 436 g/mol. The maximum atomic E-state index is 13.4. The van der Waals surface area contributed by atoms with Gasteiger partial charge in [0.05, 0.1) is 24.6 Å². The minimum absolute atomic E-state index is 0.0980. The van der Waals surface area contributed by atoms with Crippen molar-refractivity contribution in [1.82, 2.24) is 9.62 Å². The number of carbonyl (C=O) groups is 1. The van der Waals surface area contributed by atoms with Crippen LogP contribution in [0.2, 0.25) is 0 Å². The van der Waals surface area contributed by atoms with Gasteiger partial charge in [0.15, 0.2) is 0 Å². The lowest BCUT2D eigenvalue weighted by atomic mass is 10.1. The average Bonchev–Trinajstić information content (AvgIpc) is 2.80. The monoisotopic (exact) mass is 466 g/mol. The standard InChI is InChI=1S/C26H30N2O4S/c1-19-5-9-22(10-6-19)17-28(33(30,31)25-15-7-20(2)8-16-25)18-26(29)27-21(3)23-11-13-24(32-4)14-12-23/h5-16,21H,17-18H2,1-4H3,(H,27,29). The third kappa shape index (κ3) is 6.43. The first-order chi connectivity index (χ1) is 15.7. The molecule has 1 N–H and O–H groups in total. The molecule has 3 aromatic carbocycles. The van der Waals surface area contributed by atoms with Crippen LogP contribution in [-0.2, 0) is 21.4 Å². The molecule has 174 valence electrons. The highest BCUT2D eigenvalue weighted by molar-refractivity contribution is 7.89. The molecule has 6 nitrogen and oxygen atoms in total. The Kier molecular flexibility index (Phi) is 7.89. The summed E-state index contributed by atoms with van der Waals surface area (Å²) in [6.07, 6.45) is 0. The number of methoxy groups -OCH3 is 1. The second kappa shape index (κ2) is 10.6. The number of benzene rings is 3. The van der Waals surface area contributed by atoms with Crippen molar-refractivity contribution in [2.45, 2.75) is 38.3 Å². The number of amides is 1. The van der Waals surface area contributed by atoms with Crippen molar-refractivity contribution >= 4 is 15.9 Å². The molecule has 0 radical (unpaired) electrons. The molecule has 0 saturated heterocycles. The van der Waals surface area contributed by atoms with Crippen molar-refractivity contribution < 1.29 is 17.9 Å². The van der Waals surface area contributed by atoms with Gasteiger partial charge in [0.1, 0.15) is 5.75 Å². The number of rotatable bonds is 9. The molecular formula is C26H30N2O4S. The summed E-state index contributed by atoms with van der Waals surface area (Å²) >= 11 is 0. The van der Waals surface area contributed by atoms with Crippen LogP contribution in [0.5, 0.6) is 5.75 Å². The SMILES string of the molecule is COc1ccc(C(C)NC(=O)CN(Cc2ccc(C)cc2)S(=O)(=O)c2ccc(C)cc2)cc1. The summed E-state index contributed by atoms with van der Waals surface area (Å²) < 4.78 is 33.2. The summed E-state index contributed by atoms with van der Waals surface area (Å²) in [7, 11) is -2.28. The van der Waals surface area contributed by atoms with E-state index in [9.17, 15) is 13.2 Å². The Labute approximate surface area is 196 Å². The number of nitrogens with zero attached hydrogens (tertiary/aromatic N) is 1. The van der Waals surface area contributed by atoms with Crippen molar-refractivity contribution in [3.63, 3.8) is 0 Å². The van der Waals surface area contributed by atoms with Crippen molar-refractivity contribution in [1.29, 1.82) is 0 Å². The Morgan fingerprint density at radius 2 is 1.45 bits per heavy atom. The number of aryl methyl sites for hydroxylation is 2. The lowest BCUT2D eigenvalue weighted by Gasteiger charge is -2.23. The van der Waals surface area contributed by atoms with Gasteiger partial charge in [-0.15, -0.1) is 0 Å². The first-order valence-corrected chi connectivity index (χ1v) is 12.2. The smallest absolute Gasteiger partial charge is 0.243 e. The van der Waals surface area contributed by atoms with Crippen molar-refractivity contribution in [2.24, 2.45) is 0 Å². The molecule has 0 aromatic heterocycles. The van der Waals surface area contributed by atoms with Crippen LogP contribution in [0.15, 0.2) is 77.7 Å². The van der Waals surface area contributed by atoms with E-state index in [-0.39, 0.29) is 29.9 Å². The van der Waals surface area contributed by atoms with Gasteiger partial charge in [0, 0.05) is 6.54 Å². The van der Waals surface area contributed by atoms with Crippen LogP contribution in [0.1, 0.15) is 35.2 Å². The van der Waals surface area contributed by atoms with Gasteiger partial charge in [-0.1, -0.05) is 59.7 Å². The van der Waals surface area contributed by atoms with E-state index in [1.807, 2.05) is 69.3 Å². The summed E-state index contributed by atoms with van der Waals surface area (Å²) in [4.78, 5) is 13.1. The quantitative estimate of drug-likeness (QED) is 0.508.